The highest BCUT2D eigenvalue weighted by atomic mass is 19.4. The van der Waals surface area contributed by atoms with Crippen LogP contribution in [0.5, 0.6) is 5.75 Å². The van der Waals surface area contributed by atoms with Crippen molar-refractivity contribution >= 4 is 17.5 Å². The number of halogens is 3. The molecular formula is C18H17F3N2O3. The van der Waals surface area contributed by atoms with Gasteiger partial charge >= 0.3 is 6.18 Å². The van der Waals surface area contributed by atoms with Gasteiger partial charge < -0.3 is 15.4 Å². The molecule has 0 radical (unpaired) electrons. The van der Waals surface area contributed by atoms with Crippen LogP contribution in [0.1, 0.15) is 22.8 Å². The van der Waals surface area contributed by atoms with Crippen molar-refractivity contribution in [2.75, 3.05) is 18.5 Å². The van der Waals surface area contributed by atoms with Gasteiger partial charge in [-0.2, -0.15) is 13.2 Å². The highest BCUT2D eigenvalue weighted by molar-refractivity contribution is 5.95. The van der Waals surface area contributed by atoms with E-state index in [1.54, 1.807) is 24.3 Å². The predicted octanol–water partition coefficient (Wildman–Crippen LogP) is 3.47. The number of benzene rings is 2. The summed E-state index contributed by atoms with van der Waals surface area (Å²) in [6, 6.07) is 10.7. The Labute approximate surface area is 148 Å². The molecule has 0 unspecified atom stereocenters. The molecular weight excluding hydrogens is 349 g/mol. The summed E-state index contributed by atoms with van der Waals surface area (Å²) in [6.07, 6.45) is -4.39. The first kappa shape index (κ1) is 19.3. The first-order chi connectivity index (χ1) is 12.3. The smallest absolute Gasteiger partial charge is 0.416 e. The molecule has 8 heteroatoms. The highest BCUT2D eigenvalue weighted by Gasteiger charge is 2.29. The van der Waals surface area contributed by atoms with Crippen LogP contribution in [0.15, 0.2) is 48.5 Å². The molecule has 0 heterocycles. The summed E-state index contributed by atoms with van der Waals surface area (Å²) >= 11 is 0. The lowest BCUT2D eigenvalue weighted by atomic mass is 10.2. The van der Waals surface area contributed by atoms with E-state index in [4.69, 9.17) is 4.74 Å². The zero-order valence-electron chi connectivity index (χ0n) is 13.9. The van der Waals surface area contributed by atoms with Gasteiger partial charge in [-0.15, -0.1) is 0 Å². The van der Waals surface area contributed by atoms with Gasteiger partial charge in [-0.05, 0) is 48.5 Å². The lowest BCUT2D eigenvalue weighted by molar-refractivity contribution is -0.137. The summed E-state index contributed by atoms with van der Waals surface area (Å²) in [6.45, 7) is 1.69. The van der Waals surface area contributed by atoms with Gasteiger partial charge in [0, 0.05) is 18.2 Å². The van der Waals surface area contributed by atoms with E-state index >= 15 is 0 Å². The maximum atomic E-state index is 12.5. The van der Waals surface area contributed by atoms with Crippen LogP contribution in [0.4, 0.5) is 18.9 Å². The van der Waals surface area contributed by atoms with Gasteiger partial charge in [0.05, 0.1) is 12.1 Å². The molecule has 2 aromatic rings. The first-order valence-electron chi connectivity index (χ1n) is 7.71. The molecule has 0 spiro atoms. The molecule has 0 bridgehead atoms. The number of carbonyl (C=O) groups is 2. The molecule has 0 saturated heterocycles. The minimum atomic E-state index is -4.39. The molecule has 138 valence electrons. The molecule has 0 aromatic heterocycles. The second-order valence-electron chi connectivity index (χ2n) is 5.39. The number of nitrogens with one attached hydrogen (secondary N) is 2. The van der Waals surface area contributed by atoms with Crippen LogP contribution >= 0.6 is 0 Å². The molecule has 2 rings (SSSR count). The van der Waals surface area contributed by atoms with Crippen LogP contribution in [-0.4, -0.2) is 25.0 Å². The normalized spacial score (nSPS) is 10.9. The van der Waals surface area contributed by atoms with Crippen molar-refractivity contribution in [3.8, 4) is 5.75 Å². The van der Waals surface area contributed by atoms with Crippen molar-refractivity contribution in [1.82, 2.24) is 5.32 Å². The third-order valence-corrected chi connectivity index (χ3v) is 3.31. The SMILES string of the molecule is CC(=O)Nc1ccc(C(=O)NCCOc2ccc(C(F)(F)F)cc2)cc1. The number of hydrogen-bond donors (Lipinski definition) is 2. The molecule has 0 aliphatic rings. The van der Waals surface area contributed by atoms with Gasteiger partial charge in [-0.3, -0.25) is 9.59 Å². The minimum absolute atomic E-state index is 0.112. The van der Waals surface area contributed by atoms with Gasteiger partial charge in [-0.1, -0.05) is 0 Å². The fourth-order valence-electron chi connectivity index (χ4n) is 2.08. The Kier molecular flexibility index (Phi) is 6.21. The van der Waals surface area contributed by atoms with Gasteiger partial charge in [0.2, 0.25) is 5.91 Å². The molecule has 0 aliphatic carbocycles. The molecule has 0 saturated carbocycles. The van der Waals surface area contributed by atoms with E-state index in [9.17, 15) is 22.8 Å². The number of amides is 2. The van der Waals surface area contributed by atoms with E-state index in [-0.39, 0.29) is 30.7 Å². The minimum Gasteiger partial charge on any atom is -0.492 e. The number of rotatable bonds is 6. The van der Waals surface area contributed by atoms with E-state index in [2.05, 4.69) is 10.6 Å². The number of hydrogen-bond acceptors (Lipinski definition) is 3. The Bertz CT molecular complexity index is 757. The molecule has 2 N–H and O–H groups in total. The van der Waals surface area contributed by atoms with Crippen molar-refractivity contribution < 1.29 is 27.5 Å². The lowest BCUT2D eigenvalue weighted by Crippen LogP contribution is -2.28. The molecule has 0 atom stereocenters. The Morgan fingerprint density at radius 1 is 1.00 bits per heavy atom. The van der Waals surface area contributed by atoms with Crippen LogP contribution in [0, 0.1) is 0 Å². The first-order valence-corrected chi connectivity index (χ1v) is 7.71. The summed E-state index contributed by atoms with van der Waals surface area (Å²) < 4.78 is 42.7. The summed E-state index contributed by atoms with van der Waals surface area (Å²) in [5, 5.41) is 5.23. The molecule has 5 nitrogen and oxygen atoms in total. The van der Waals surface area contributed by atoms with Gasteiger partial charge in [0.1, 0.15) is 12.4 Å². The number of carbonyl (C=O) groups excluding carboxylic acids is 2. The zero-order chi connectivity index (χ0) is 19.2. The Morgan fingerprint density at radius 3 is 2.15 bits per heavy atom. The molecule has 0 fully saturated rings. The number of ether oxygens (including phenoxy) is 1. The third-order valence-electron chi connectivity index (χ3n) is 3.31. The number of anilines is 1. The van der Waals surface area contributed by atoms with Crippen LogP contribution in [0.2, 0.25) is 0 Å². The molecule has 2 aromatic carbocycles. The highest BCUT2D eigenvalue weighted by Crippen LogP contribution is 2.30. The van der Waals surface area contributed by atoms with Gasteiger partial charge in [0.25, 0.3) is 5.91 Å². The summed E-state index contributed by atoms with van der Waals surface area (Å²) in [7, 11) is 0. The monoisotopic (exact) mass is 366 g/mol. The van der Waals surface area contributed by atoms with Crippen LogP contribution in [-0.2, 0) is 11.0 Å². The standard InChI is InChI=1S/C18H17F3N2O3/c1-12(24)23-15-6-2-13(3-7-15)17(25)22-10-11-26-16-8-4-14(5-9-16)18(19,20)21/h2-9H,10-11H2,1H3,(H,22,25)(H,23,24). The topological polar surface area (TPSA) is 67.4 Å². The van der Waals surface area contributed by atoms with E-state index in [0.29, 0.717) is 11.3 Å². The Morgan fingerprint density at radius 2 is 1.62 bits per heavy atom. The molecule has 2 amide bonds. The maximum absolute atomic E-state index is 12.5. The fourth-order valence-corrected chi connectivity index (χ4v) is 2.08. The van der Waals surface area contributed by atoms with Crippen molar-refractivity contribution in [3.63, 3.8) is 0 Å². The predicted molar refractivity (Wildman–Crippen MR) is 90.0 cm³/mol. The zero-order valence-corrected chi connectivity index (χ0v) is 13.9. The Hall–Kier alpha value is -3.03. The Balaban J connectivity index is 1.77. The molecule has 26 heavy (non-hydrogen) atoms. The maximum Gasteiger partial charge on any atom is 0.416 e. The lowest BCUT2D eigenvalue weighted by Gasteiger charge is -2.10. The van der Waals surface area contributed by atoms with E-state index in [1.807, 2.05) is 0 Å². The fraction of sp³-hybridized carbons (Fsp3) is 0.222. The van der Waals surface area contributed by atoms with Crippen LogP contribution < -0.4 is 15.4 Å². The van der Waals surface area contributed by atoms with E-state index < -0.39 is 11.7 Å². The number of alkyl halides is 3. The summed E-state index contributed by atoms with van der Waals surface area (Å²) in [5.74, 6) is -0.245. The van der Waals surface area contributed by atoms with Crippen molar-refractivity contribution in [2.24, 2.45) is 0 Å². The summed E-state index contributed by atoms with van der Waals surface area (Å²) in [5.41, 5.74) is 0.245. The average Bonchev–Trinajstić information content (AvgIpc) is 2.58. The third kappa shape index (κ3) is 5.80. The second kappa shape index (κ2) is 8.37. The quantitative estimate of drug-likeness (QED) is 0.770. The second-order valence-corrected chi connectivity index (χ2v) is 5.39. The van der Waals surface area contributed by atoms with E-state index in [0.717, 1.165) is 12.1 Å². The molecule has 0 aliphatic heterocycles. The largest absolute Gasteiger partial charge is 0.492 e. The van der Waals surface area contributed by atoms with Gasteiger partial charge in [-0.25, -0.2) is 0 Å². The van der Waals surface area contributed by atoms with E-state index in [1.165, 1.54) is 19.1 Å². The van der Waals surface area contributed by atoms with Crippen LogP contribution in [0.3, 0.4) is 0 Å². The van der Waals surface area contributed by atoms with Crippen molar-refractivity contribution in [1.29, 1.82) is 0 Å². The van der Waals surface area contributed by atoms with Crippen LogP contribution in [0.25, 0.3) is 0 Å². The van der Waals surface area contributed by atoms with Crippen molar-refractivity contribution in [2.45, 2.75) is 13.1 Å². The van der Waals surface area contributed by atoms with Crippen molar-refractivity contribution in [3.05, 3.63) is 59.7 Å². The van der Waals surface area contributed by atoms with Gasteiger partial charge in [0.15, 0.2) is 0 Å². The average molecular weight is 366 g/mol. The summed E-state index contributed by atoms with van der Waals surface area (Å²) in [4.78, 5) is 22.9.